The third-order valence-corrected chi connectivity index (χ3v) is 5.10. The highest BCUT2D eigenvalue weighted by molar-refractivity contribution is 7.98. The highest BCUT2D eigenvalue weighted by atomic mass is 32.2. The second-order valence-corrected chi connectivity index (χ2v) is 7.03. The Bertz CT molecular complexity index is 1180. The highest BCUT2D eigenvalue weighted by Crippen LogP contribution is 2.23. The normalized spacial score (nSPS) is 11.2. The lowest BCUT2D eigenvalue weighted by Gasteiger charge is -2.08. The number of thioether (sulfide) groups is 1. The second kappa shape index (κ2) is 6.96. The van der Waals surface area contributed by atoms with Gasteiger partial charge in [0.1, 0.15) is 5.82 Å². The Kier molecular flexibility index (Phi) is 4.49. The van der Waals surface area contributed by atoms with E-state index in [9.17, 15) is 9.18 Å². The first-order chi connectivity index (χ1) is 13.0. The van der Waals surface area contributed by atoms with Gasteiger partial charge in [-0.25, -0.2) is 9.37 Å². The van der Waals surface area contributed by atoms with Crippen LogP contribution in [-0.2, 0) is 12.8 Å². The van der Waals surface area contributed by atoms with E-state index in [1.807, 2.05) is 25.1 Å². The van der Waals surface area contributed by atoms with Crippen molar-refractivity contribution < 1.29 is 8.91 Å². The molecule has 0 spiro atoms. The molecule has 0 aliphatic rings. The Hall–Kier alpha value is -3.00. The molecule has 4 aromatic rings. The van der Waals surface area contributed by atoms with Crippen molar-refractivity contribution in [1.29, 1.82) is 0 Å². The summed E-state index contributed by atoms with van der Waals surface area (Å²) in [5.74, 6) is 0.835. The summed E-state index contributed by atoms with van der Waals surface area (Å²) in [6.45, 7) is 1.94. The molecule has 0 saturated heterocycles. The van der Waals surface area contributed by atoms with Gasteiger partial charge in [-0.05, 0) is 43.3 Å². The maximum Gasteiger partial charge on any atom is 0.261 e. The number of hydrogen-bond donors (Lipinski definition) is 0. The zero-order valence-electron chi connectivity index (χ0n) is 14.6. The van der Waals surface area contributed by atoms with Crippen molar-refractivity contribution in [1.82, 2.24) is 19.7 Å². The van der Waals surface area contributed by atoms with Gasteiger partial charge in [0, 0.05) is 12.6 Å². The van der Waals surface area contributed by atoms with Crippen molar-refractivity contribution in [3.8, 4) is 11.4 Å². The van der Waals surface area contributed by atoms with Crippen molar-refractivity contribution in [2.24, 2.45) is 7.05 Å². The average Bonchev–Trinajstić information content (AvgIpc) is 3.13. The fourth-order valence-electron chi connectivity index (χ4n) is 2.65. The first kappa shape index (κ1) is 17.4. The number of fused-ring (bicyclic) bond motifs is 1. The van der Waals surface area contributed by atoms with Crippen LogP contribution in [-0.4, -0.2) is 19.7 Å². The van der Waals surface area contributed by atoms with Gasteiger partial charge in [0.25, 0.3) is 5.56 Å². The molecule has 0 atom stereocenters. The van der Waals surface area contributed by atoms with Crippen LogP contribution >= 0.6 is 11.8 Å². The third kappa shape index (κ3) is 3.48. The molecule has 0 fully saturated rings. The Labute approximate surface area is 158 Å². The first-order valence-electron chi connectivity index (χ1n) is 8.20. The van der Waals surface area contributed by atoms with E-state index in [-0.39, 0.29) is 11.4 Å². The Morgan fingerprint density at radius 1 is 1.15 bits per heavy atom. The second-order valence-electron chi connectivity index (χ2n) is 6.09. The maximum absolute atomic E-state index is 13.0. The van der Waals surface area contributed by atoms with Gasteiger partial charge in [-0.2, -0.15) is 4.98 Å². The molecule has 0 N–H and O–H groups in total. The van der Waals surface area contributed by atoms with E-state index in [2.05, 4.69) is 15.1 Å². The fraction of sp³-hybridized carbons (Fsp3) is 0.158. The molecule has 0 unspecified atom stereocenters. The molecular weight excluding hydrogens is 367 g/mol. The van der Waals surface area contributed by atoms with Gasteiger partial charge in [-0.15, -0.1) is 0 Å². The number of aromatic nitrogens is 4. The lowest BCUT2D eigenvalue weighted by atomic mass is 10.2. The topological polar surface area (TPSA) is 73.8 Å². The fourth-order valence-corrected chi connectivity index (χ4v) is 3.46. The smallest absolute Gasteiger partial charge is 0.261 e. The summed E-state index contributed by atoms with van der Waals surface area (Å²) < 4.78 is 19.8. The van der Waals surface area contributed by atoms with Crippen molar-refractivity contribution in [2.45, 2.75) is 17.8 Å². The van der Waals surface area contributed by atoms with Crippen LogP contribution in [0.25, 0.3) is 22.3 Å². The van der Waals surface area contributed by atoms with Gasteiger partial charge in [0.15, 0.2) is 5.16 Å². The minimum Gasteiger partial charge on any atom is -0.338 e. The summed E-state index contributed by atoms with van der Waals surface area (Å²) in [7, 11) is 1.69. The minimum atomic E-state index is -0.323. The van der Waals surface area contributed by atoms with Crippen LogP contribution in [0.4, 0.5) is 4.39 Å². The predicted molar refractivity (Wildman–Crippen MR) is 101 cm³/mol. The first-order valence-corrected chi connectivity index (χ1v) is 9.18. The molecule has 136 valence electrons. The lowest BCUT2D eigenvalue weighted by molar-refractivity contribution is 0.391. The SMILES string of the molecule is Cc1ccc2nc(SCc3nc(-c4ccc(F)cc4)no3)n(C)c(=O)c2c1. The zero-order valence-corrected chi connectivity index (χ0v) is 15.5. The van der Waals surface area contributed by atoms with E-state index in [1.165, 1.54) is 28.5 Å². The molecule has 2 aromatic carbocycles. The van der Waals surface area contributed by atoms with E-state index in [1.54, 1.807) is 19.2 Å². The number of halogens is 1. The van der Waals surface area contributed by atoms with Crippen molar-refractivity contribution in [3.05, 3.63) is 70.1 Å². The molecule has 0 bridgehead atoms. The highest BCUT2D eigenvalue weighted by Gasteiger charge is 2.13. The van der Waals surface area contributed by atoms with Gasteiger partial charge in [-0.3, -0.25) is 9.36 Å². The largest absolute Gasteiger partial charge is 0.338 e. The van der Waals surface area contributed by atoms with Crippen LogP contribution in [0.1, 0.15) is 11.5 Å². The predicted octanol–water partition coefficient (Wildman–Crippen LogP) is 3.72. The van der Waals surface area contributed by atoms with E-state index in [0.29, 0.717) is 39.1 Å². The van der Waals surface area contributed by atoms with E-state index in [4.69, 9.17) is 4.52 Å². The summed E-state index contributed by atoms with van der Waals surface area (Å²) in [4.78, 5) is 21.4. The summed E-state index contributed by atoms with van der Waals surface area (Å²) in [6.07, 6.45) is 0. The monoisotopic (exact) mass is 382 g/mol. The van der Waals surface area contributed by atoms with Crippen molar-refractivity contribution >= 4 is 22.7 Å². The van der Waals surface area contributed by atoms with E-state index in [0.717, 1.165) is 5.56 Å². The van der Waals surface area contributed by atoms with Crippen LogP contribution in [0.5, 0.6) is 0 Å². The summed E-state index contributed by atoms with van der Waals surface area (Å²) in [5.41, 5.74) is 2.25. The third-order valence-electron chi connectivity index (χ3n) is 4.09. The molecule has 0 amide bonds. The molecule has 0 radical (unpaired) electrons. The molecule has 8 heteroatoms. The molecule has 0 aliphatic heterocycles. The van der Waals surface area contributed by atoms with Crippen LogP contribution in [0, 0.1) is 12.7 Å². The van der Waals surface area contributed by atoms with Gasteiger partial charge in [-0.1, -0.05) is 28.5 Å². The van der Waals surface area contributed by atoms with Crippen molar-refractivity contribution in [2.75, 3.05) is 0 Å². The summed E-state index contributed by atoms with van der Waals surface area (Å²) in [5, 5.41) is 5.08. The van der Waals surface area contributed by atoms with Crippen LogP contribution in [0.3, 0.4) is 0 Å². The Morgan fingerprint density at radius 3 is 2.70 bits per heavy atom. The molecule has 0 aliphatic carbocycles. The van der Waals surface area contributed by atoms with Crippen molar-refractivity contribution in [3.63, 3.8) is 0 Å². The maximum atomic E-state index is 13.0. The number of benzene rings is 2. The molecule has 2 aromatic heterocycles. The molecule has 6 nitrogen and oxygen atoms in total. The Balaban J connectivity index is 1.57. The molecule has 2 heterocycles. The van der Waals surface area contributed by atoms with Gasteiger partial charge >= 0.3 is 0 Å². The summed E-state index contributed by atoms with van der Waals surface area (Å²) in [6, 6.07) is 11.5. The van der Waals surface area contributed by atoms with Crippen LogP contribution in [0.15, 0.2) is 56.9 Å². The molecule has 27 heavy (non-hydrogen) atoms. The quantitative estimate of drug-likeness (QED) is 0.396. The lowest BCUT2D eigenvalue weighted by Crippen LogP contribution is -2.20. The molecule has 4 rings (SSSR count). The van der Waals surface area contributed by atoms with E-state index < -0.39 is 0 Å². The van der Waals surface area contributed by atoms with Gasteiger partial charge < -0.3 is 4.52 Å². The number of nitrogens with zero attached hydrogens (tertiary/aromatic N) is 4. The van der Waals surface area contributed by atoms with E-state index >= 15 is 0 Å². The van der Waals surface area contributed by atoms with Gasteiger partial charge in [0.2, 0.25) is 11.7 Å². The van der Waals surface area contributed by atoms with Crippen LogP contribution in [0.2, 0.25) is 0 Å². The summed E-state index contributed by atoms with van der Waals surface area (Å²) >= 11 is 1.34. The average molecular weight is 382 g/mol. The number of aryl methyl sites for hydroxylation is 1. The zero-order chi connectivity index (χ0) is 19.0. The van der Waals surface area contributed by atoms with Crippen LogP contribution < -0.4 is 5.56 Å². The number of hydrogen-bond acceptors (Lipinski definition) is 6. The Morgan fingerprint density at radius 2 is 1.93 bits per heavy atom. The molecular formula is C19H15FN4O2S. The standard InChI is InChI=1S/C19H15FN4O2S/c1-11-3-8-15-14(9-11)18(25)24(2)19(21-15)27-10-16-22-17(23-26-16)12-4-6-13(20)7-5-12/h3-9H,10H2,1-2H3. The number of rotatable bonds is 4. The molecule has 0 saturated carbocycles. The minimum absolute atomic E-state index is 0.0938. The van der Waals surface area contributed by atoms with Gasteiger partial charge in [0.05, 0.1) is 16.7 Å².